The number of halogens is 1. The Balaban J connectivity index is 0.00000144. The largest absolute Gasteiger partial charge is 0.310 e. The molecule has 2 heteroatoms. The van der Waals surface area contributed by atoms with E-state index in [9.17, 15) is 0 Å². The maximum absolute atomic E-state index is 3.68. The van der Waals surface area contributed by atoms with Crippen molar-refractivity contribution in [1.82, 2.24) is 5.32 Å². The molecule has 0 aromatic heterocycles. The van der Waals surface area contributed by atoms with Crippen LogP contribution in [0, 0.1) is 12.3 Å². The Morgan fingerprint density at radius 2 is 2.06 bits per heavy atom. The van der Waals surface area contributed by atoms with Crippen LogP contribution in [-0.4, -0.2) is 6.54 Å². The van der Waals surface area contributed by atoms with Gasteiger partial charge in [0.1, 0.15) is 0 Å². The molecule has 0 heterocycles. The summed E-state index contributed by atoms with van der Waals surface area (Å²) in [6.07, 6.45) is 4.15. The predicted octanol–water partition coefficient (Wildman–Crippen LogP) is 4.26. The molecule has 17 heavy (non-hydrogen) atoms. The lowest BCUT2D eigenvalue weighted by atomic mass is 10.0. The van der Waals surface area contributed by atoms with Gasteiger partial charge in [-0.2, -0.15) is 0 Å². The number of benzene rings is 1. The van der Waals surface area contributed by atoms with E-state index in [4.69, 9.17) is 0 Å². The first-order valence-corrected chi connectivity index (χ1v) is 6.45. The summed E-state index contributed by atoms with van der Waals surface area (Å²) in [4.78, 5) is 0. The second-order valence-electron chi connectivity index (χ2n) is 5.37. The summed E-state index contributed by atoms with van der Waals surface area (Å²) in [6, 6.07) is 9.28. The van der Waals surface area contributed by atoms with E-state index in [1.807, 2.05) is 0 Å². The lowest BCUT2D eigenvalue weighted by Gasteiger charge is -2.19. The summed E-state index contributed by atoms with van der Waals surface area (Å²) in [5.41, 5.74) is 3.40. The Morgan fingerprint density at radius 1 is 1.35 bits per heavy atom. The zero-order chi connectivity index (χ0) is 11.6. The van der Waals surface area contributed by atoms with Crippen LogP contribution < -0.4 is 5.32 Å². The molecule has 96 valence electrons. The van der Waals surface area contributed by atoms with Crippen LogP contribution in [0.1, 0.15) is 50.3 Å². The summed E-state index contributed by atoms with van der Waals surface area (Å²) >= 11 is 0. The van der Waals surface area contributed by atoms with Crippen molar-refractivity contribution in [2.75, 3.05) is 6.54 Å². The van der Waals surface area contributed by atoms with Crippen LogP contribution in [0.2, 0.25) is 0 Å². The Kier molecular flexibility index (Phi) is 5.03. The second kappa shape index (κ2) is 5.88. The fourth-order valence-corrected chi connectivity index (χ4v) is 2.26. The molecule has 1 N–H and O–H groups in total. The molecular weight excluding hydrogens is 230 g/mol. The molecule has 1 aliphatic rings. The lowest BCUT2D eigenvalue weighted by Crippen LogP contribution is -2.26. The third-order valence-electron chi connectivity index (χ3n) is 4.03. The summed E-state index contributed by atoms with van der Waals surface area (Å²) in [5, 5.41) is 3.68. The van der Waals surface area contributed by atoms with Gasteiger partial charge in [0.15, 0.2) is 0 Å². The predicted molar refractivity (Wildman–Crippen MR) is 76.8 cm³/mol. The van der Waals surface area contributed by atoms with Gasteiger partial charge in [0.2, 0.25) is 0 Å². The quantitative estimate of drug-likeness (QED) is 0.827. The third kappa shape index (κ3) is 3.72. The van der Waals surface area contributed by atoms with E-state index in [1.165, 1.54) is 36.9 Å². The minimum absolute atomic E-state index is 0. The van der Waals surface area contributed by atoms with Crippen LogP contribution in [0.3, 0.4) is 0 Å². The Hall–Kier alpha value is -0.530. The SMILES string of the molecule is CCC1(CNC(C)c2cccc(C)c2)CC1.Cl. The average molecular weight is 254 g/mol. The molecule has 1 aliphatic carbocycles. The van der Waals surface area contributed by atoms with Gasteiger partial charge in [-0.25, -0.2) is 0 Å². The first kappa shape index (κ1) is 14.5. The van der Waals surface area contributed by atoms with Gasteiger partial charge in [0, 0.05) is 12.6 Å². The first-order valence-electron chi connectivity index (χ1n) is 6.45. The highest BCUT2D eigenvalue weighted by Gasteiger charge is 2.40. The van der Waals surface area contributed by atoms with Crippen molar-refractivity contribution in [3.05, 3.63) is 35.4 Å². The van der Waals surface area contributed by atoms with Gasteiger partial charge in [0.25, 0.3) is 0 Å². The molecule has 0 bridgehead atoms. The molecule has 0 aliphatic heterocycles. The van der Waals surface area contributed by atoms with Crippen molar-refractivity contribution in [2.24, 2.45) is 5.41 Å². The van der Waals surface area contributed by atoms with E-state index in [2.05, 4.69) is 50.4 Å². The number of rotatable bonds is 5. The van der Waals surface area contributed by atoms with Crippen LogP contribution in [-0.2, 0) is 0 Å². The molecule has 1 aromatic rings. The van der Waals surface area contributed by atoms with E-state index in [0.717, 1.165) is 0 Å². The van der Waals surface area contributed by atoms with Gasteiger partial charge in [-0.3, -0.25) is 0 Å². The first-order chi connectivity index (χ1) is 7.65. The molecule has 0 saturated heterocycles. The van der Waals surface area contributed by atoms with Crippen molar-refractivity contribution in [3.63, 3.8) is 0 Å². The normalized spacial score (nSPS) is 18.3. The summed E-state index contributed by atoms with van der Waals surface area (Å²) in [5.74, 6) is 0. The highest BCUT2D eigenvalue weighted by atomic mass is 35.5. The monoisotopic (exact) mass is 253 g/mol. The topological polar surface area (TPSA) is 12.0 Å². The highest BCUT2D eigenvalue weighted by Crippen LogP contribution is 2.48. The number of nitrogens with one attached hydrogen (secondary N) is 1. The second-order valence-corrected chi connectivity index (χ2v) is 5.37. The maximum atomic E-state index is 3.68. The van der Waals surface area contributed by atoms with Crippen LogP contribution in [0.5, 0.6) is 0 Å². The van der Waals surface area contributed by atoms with Gasteiger partial charge < -0.3 is 5.32 Å². The molecule has 1 nitrogen and oxygen atoms in total. The van der Waals surface area contributed by atoms with Crippen molar-refractivity contribution in [1.29, 1.82) is 0 Å². The minimum atomic E-state index is 0. The fourth-order valence-electron chi connectivity index (χ4n) is 2.26. The Bertz CT molecular complexity index is 358. The molecule has 0 amide bonds. The van der Waals surface area contributed by atoms with Crippen LogP contribution in [0.15, 0.2) is 24.3 Å². The molecular formula is C15H24ClN. The zero-order valence-electron chi connectivity index (χ0n) is 11.1. The van der Waals surface area contributed by atoms with Crippen LogP contribution in [0.25, 0.3) is 0 Å². The Labute approximate surface area is 111 Å². The summed E-state index contributed by atoms with van der Waals surface area (Å²) < 4.78 is 0. The van der Waals surface area contributed by atoms with Gasteiger partial charge in [-0.1, -0.05) is 36.8 Å². The van der Waals surface area contributed by atoms with E-state index >= 15 is 0 Å². The maximum Gasteiger partial charge on any atom is 0.0292 e. The molecule has 1 fully saturated rings. The van der Waals surface area contributed by atoms with Crippen molar-refractivity contribution in [2.45, 2.75) is 46.1 Å². The van der Waals surface area contributed by atoms with E-state index in [-0.39, 0.29) is 12.4 Å². The van der Waals surface area contributed by atoms with E-state index < -0.39 is 0 Å². The lowest BCUT2D eigenvalue weighted by molar-refractivity contribution is 0.415. The molecule has 1 aromatic carbocycles. The van der Waals surface area contributed by atoms with Crippen LogP contribution in [0.4, 0.5) is 0 Å². The molecule has 0 radical (unpaired) electrons. The highest BCUT2D eigenvalue weighted by molar-refractivity contribution is 5.85. The summed E-state index contributed by atoms with van der Waals surface area (Å²) in [6.45, 7) is 7.91. The smallest absolute Gasteiger partial charge is 0.0292 e. The van der Waals surface area contributed by atoms with E-state index in [1.54, 1.807) is 0 Å². The summed E-state index contributed by atoms with van der Waals surface area (Å²) in [7, 11) is 0. The zero-order valence-corrected chi connectivity index (χ0v) is 11.9. The standard InChI is InChI=1S/C15H23N.ClH/c1-4-15(8-9-15)11-16-13(3)14-7-5-6-12(2)10-14;/h5-7,10,13,16H,4,8-9,11H2,1-3H3;1H. The van der Waals surface area contributed by atoms with Crippen molar-refractivity contribution >= 4 is 12.4 Å². The number of aryl methyl sites for hydroxylation is 1. The van der Waals surface area contributed by atoms with Crippen molar-refractivity contribution < 1.29 is 0 Å². The van der Waals surface area contributed by atoms with Gasteiger partial charge in [0.05, 0.1) is 0 Å². The van der Waals surface area contributed by atoms with E-state index in [0.29, 0.717) is 11.5 Å². The van der Waals surface area contributed by atoms with Gasteiger partial charge in [-0.15, -0.1) is 12.4 Å². The van der Waals surface area contributed by atoms with Crippen molar-refractivity contribution in [3.8, 4) is 0 Å². The number of hydrogen-bond acceptors (Lipinski definition) is 1. The molecule has 0 spiro atoms. The van der Waals surface area contributed by atoms with Gasteiger partial charge >= 0.3 is 0 Å². The molecule has 2 rings (SSSR count). The average Bonchev–Trinajstić information content (AvgIpc) is 3.07. The molecule has 1 saturated carbocycles. The number of hydrogen-bond donors (Lipinski definition) is 1. The Morgan fingerprint density at radius 3 is 2.59 bits per heavy atom. The molecule has 1 atom stereocenters. The molecule has 1 unspecified atom stereocenters. The van der Waals surface area contributed by atoms with Gasteiger partial charge in [-0.05, 0) is 44.1 Å². The van der Waals surface area contributed by atoms with Crippen LogP contribution >= 0.6 is 12.4 Å². The fraction of sp³-hybridized carbons (Fsp3) is 0.600. The third-order valence-corrected chi connectivity index (χ3v) is 4.03. The minimum Gasteiger partial charge on any atom is -0.310 e.